The van der Waals surface area contributed by atoms with E-state index in [0.29, 0.717) is 12.8 Å². The van der Waals surface area contributed by atoms with Gasteiger partial charge in [-0.2, -0.15) is 4.57 Å². The van der Waals surface area contributed by atoms with Gasteiger partial charge in [0.05, 0.1) is 0 Å². The molecule has 0 spiro atoms. The highest BCUT2D eigenvalue weighted by molar-refractivity contribution is 5.69. The Balaban J connectivity index is 0.00000587. The number of ether oxygens (including phenoxy) is 2. The third-order valence-electron chi connectivity index (χ3n) is 10.8. The van der Waals surface area contributed by atoms with Crippen molar-refractivity contribution in [1.29, 1.82) is 0 Å². The van der Waals surface area contributed by atoms with Gasteiger partial charge in [-0.25, -0.2) is 18.6 Å². The van der Waals surface area contributed by atoms with Gasteiger partial charge in [0.2, 0.25) is 6.04 Å². The molecule has 0 bridgehead atoms. The fraction of sp³-hybridized carbons (Fsp3) is 0.851. The maximum absolute atomic E-state index is 12.7. The van der Waals surface area contributed by atoms with E-state index in [2.05, 4.69) is 51.3 Å². The van der Waals surface area contributed by atoms with Crippen LogP contribution in [0.5, 0.6) is 0 Å². The van der Waals surface area contributed by atoms with E-state index in [1.807, 2.05) is 0 Å². The van der Waals surface area contributed by atoms with Gasteiger partial charge < -0.3 is 9.47 Å². The summed E-state index contributed by atoms with van der Waals surface area (Å²) in [5.74, 6) is -0.293. The lowest BCUT2D eigenvalue weighted by molar-refractivity contribution is -2.00. The van der Waals surface area contributed by atoms with Gasteiger partial charge in [-0.1, -0.05) is 194 Å². The molecule has 1 heterocycles. The van der Waals surface area contributed by atoms with Crippen LogP contribution in [0.1, 0.15) is 242 Å². The number of pyridine rings is 1. The van der Waals surface area contributed by atoms with Gasteiger partial charge in [-0.05, 0) is 25.3 Å². The Kier molecular flexibility index (Phi) is 37.2. The lowest BCUT2D eigenvalue weighted by Crippen LogP contribution is -2.68. The minimum absolute atomic E-state index is 0.146. The second-order valence-corrected chi connectivity index (χ2v) is 17.2. The van der Waals surface area contributed by atoms with E-state index in [1.165, 1.54) is 173 Å². The van der Waals surface area contributed by atoms with E-state index < -0.39 is 10.2 Å². The maximum Gasteiger partial charge on any atom is 0.306 e. The number of carbonyl (C=O) groups is 2. The van der Waals surface area contributed by atoms with E-state index in [0.717, 1.165) is 37.1 Å². The molecular formula is C47H86ClNO8. The topological polar surface area (TPSA) is 149 Å². The molecular weight excluding hydrogens is 742 g/mol. The summed E-state index contributed by atoms with van der Waals surface area (Å²) in [6.45, 7) is 11.2. The summed E-state index contributed by atoms with van der Waals surface area (Å²) in [6.07, 6.45) is 40.2. The van der Waals surface area contributed by atoms with E-state index in [1.54, 1.807) is 0 Å². The van der Waals surface area contributed by atoms with Crippen molar-refractivity contribution in [2.24, 2.45) is 0 Å². The molecule has 1 aromatic rings. The predicted molar refractivity (Wildman–Crippen MR) is 221 cm³/mol. The van der Waals surface area contributed by atoms with E-state index >= 15 is 0 Å². The van der Waals surface area contributed by atoms with Crippen LogP contribution >= 0.6 is 0 Å². The van der Waals surface area contributed by atoms with Gasteiger partial charge in [0.1, 0.15) is 0 Å². The van der Waals surface area contributed by atoms with E-state index in [4.69, 9.17) is 28.1 Å². The van der Waals surface area contributed by atoms with Crippen molar-refractivity contribution >= 4 is 11.9 Å². The minimum atomic E-state index is -4.94. The number of hydrogen-bond donors (Lipinski definition) is 0. The number of aromatic nitrogens is 1. The summed E-state index contributed by atoms with van der Waals surface area (Å²) >= 11 is 0. The number of rotatable bonds is 37. The first-order valence-electron chi connectivity index (χ1n) is 23.3. The van der Waals surface area contributed by atoms with Gasteiger partial charge in [-0.15, -0.1) is 10.2 Å². The summed E-state index contributed by atoms with van der Waals surface area (Å²) < 4.78 is 47.7. The largest absolute Gasteiger partial charge is 0.458 e. The van der Waals surface area contributed by atoms with Crippen LogP contribution in [0.2, 0.25) is 0 Å². The van der Waals surface area contributed by atoms with Crippen LogP contribution in [-0.4, -0.2) is 25.2 Å². The summed E-state index contributed by atoms with van der Waals surface area (Å²) in [7, 11) is -4.94. The average molecular weight is 829 g/mol. The third-order valence-corrected chi connectivity index (χ3v) is 10.8. The lowest BCUT2D eigenvalue weighted by Gasteiger charge is -2.17. The van der Waals surface area contributed by atoms with E-state index in [-0.39, 0.29) is 31.2 Å². The Bertz CT molecular complexity index is 1020. The molecule has 0 fully saturated rings. The molecule has 9 nitrogen and oxygen atoms in total. The van der Waals surface area contributed by atoms with Crippen molar-refractivity contribution in [1.82, 2.24) is 0 Å². The van der Waals surface area contributed by atoms with Crippen LogP contribution in [-0.2, 0) is 19.1 Å². The highest BCUT2D eigenvalue weighted by Crippen LogP contribution is 2.16. The molecule has 1 rings (SSSR count). The van der Waals surface area contributed by atoms with Crippen LogP contribution in [0.25, 0.3) is 0 Å². The Morgan fingerprint density at radius 1 is 0.474 bits per heavy atom. The van der Waals surface area contributed by atoms with Gasteiger partial charge in [-0.3, -0.25) is 9.59 Å². The van der Waals surface area contributed by atoms with Gasteiger partial charge in [0.15, 0.2) is 24.6 Å². The Morgan fingerprint density at radius 3 is 0.947 bits per heavy atom. The van der Waals surface area contributed by atoms with Crippen molar-refractivity contribution in [3.05, 3.63) is 29.1 Å². The molecule has 0 aliphatic heterocycles. The normalized spacial score (nSPS) is 11.5. The molecule has 0 radical (unpaired) electrons. The molecule has 0 atom stereocenters. The molecule has 0 unspecified atom stereocenters. The molecule has 0 N–H and O–H groups in total. The molecule has 0 amide bonds. The molecule has 1 aromatic heterocycles. The Morgan fingerprint density at radius 2 is 0.702 bits per heavy atom. The van der Waals surface area contributed by atoms with Crippen molar-refractivity contribution < 1.29 is 52.5 Å². The number of esters is 2. The number of aryl methyl sites for hydroxylation is 3. The monoisotopic (exact) mass is 828 g/mol. The smallest absolute Gasteiger partial charge is 0.306 e. The van der Waals surface area contributed by atoms with E-state index in [9.17, 15) is 9.59 Å². The number of hydrogen-bond acceptors (Lipinski definition) is 8. The van der Waals surface area contributed by atoms with Crippen LogP contribution < -0.4 is 23.2 Å². The standard InChI is InChI=1S/C47H86NO4.ClHO4/c1-6-8-10-12-14-16-18-20-22-24-26-28-30-32-34-36-46(49)51-40-45(48-43(4)38-42(3)39-44(48)5)41-52-47(50)37-35-33-31-29-27-25-23-21-19-17-15-13-11-9-7-2;2-1(3,4)5/h38-39,45H,6-37,40-41H2,1-5H3;(H,2,3,4,5)/q+1;/p-1. The molecule has 0 aliphatic carbocycles. The highest BCUT2D eigenvalue weighted by Gasteiger charge is 2.27. The lowest BCUT2D eigenvalue weighted by atomic mass is 10.0. The first-order chi connectivity index (χ1) is 27.4. The Hall–Kier alpha value is -1.78. The fourth-order valence-electron chi connectivity index (χ4n) is 7.69. The fourth-order valence-corrected chi connectivity index (χ4v) is 7.69. The molecule has 0 saturated heterocycles. The van der Waals surface area contributed by atoms with Crippen LogP contribution in [0, 0.1) is 31.0 Å². The second-order valence-electron chi connectivity index (χ2n) is 16.5. The van der Waals surface area contributed by atoms with Crippen LogP contribution in [0.15, 0.2) is 12.1 Å². The molecule has 0 saturated carbocycles. The third kappa shape index (κ3) is 38.2. The van der Waals surface area contributed by atoms with Crippen molar-refractivity contribution in [3.8, 4) is 0 Å². The number of unbranched alkanes of at least 4 members (excludes halogenated alkanes) is 28. The number of nitrogens with zero attached hydrogens (tertiary/aromatic N) is 1. The zero-order valence-corrected chi connectivity index (χ0v) is 38.1. The van der Waals surface area contributed by atoms with Gasteiger partial charge in [0.25, 0.3) is 0 Å². The summed E-state index contributed by atoms with van der Waals surface area (Å²) in [5, 5.41) is 0. The highest BCUT2D eigenvalue weighted by atomic mass is 35.7. The first-order valence-corrected chi connectivity index (χ1v) is 24.5. The summed E-state index contributed by atoms with van der Waals surface area (Å²) in [4.78, 5) is 25.4. The first kappa shape index (κ1) is 55.2. The van der Waals surface area contributed by atoms with Gasteiger partial charge in [0, 0.05) is 38.8 Å². The summed E-state index contributed by atoms with van der Waals surface area (Å²) in [5.41, 5.74) is 3.36. The SMILES string of the molecule is CCCCCCCCCCCCCCCCCC(=O)OCC(COC(=O)CCCCCCCCCCCCCCCCC)[n+]1c(C)cc(C)cc1C.[O-][Cl+3]([O-])([O-])[O-]. The zero-order chi connectivity index (χ0) is 42.4. The zero-order valence-electron chi connectivity index (χ0n) is 37.4. The molecule has 57 heavy (non-hydrogen) atoms. The van der Waals surface area contributed by atoms with Gasteiger partial charge >= 0.3 is 11.9 Å². The van der Waals surface area contributed by atoms with Crippen LogP contribution in [0.4, 0.5) is 0 Å². The second kappa shape index (κ2) is 38.4. The predicted octanol–water partition coefficient (Wildman–Crippen LogP) is 9.29. The summed E-state index contributed by atoms with van der Waals surface area (Å²) in [6, 6.07) is 4.04. The quantitative estimate of drug-likeness (QED) is 0.0366. The molecule has 0 aromatic carbocycles. The molecule has 334 valence electrons. The van der Waals surface area contributed by atoms with Crippen molar-refractivity contribution in [3.63, 3.8) is 0 Å². The Labute approximate surface area is 351 Å². The van der Waals surface area contributed by atoms with Crippen LogP contribution in [0.3, 0.4) is 0 Å². The molecule has 0 aliphatic rings. The number of halogens is 1. The molecule has 10 heteroatoms. The minimum Gasteiger partial charge on any atom is -0.458 e. The number of carbonyl (C=O) groups excluding carboxylic acids is 2. The average Bonchev–Trinajstić information content (AvgIpc) is 3.14. The van der Waals surface area contributed by atoms with Crippen molar-refractivity contribution in [2.45, 2.75) is 246 Å². The maximum atomic E-state index is 12.7. The van der Waals surface area contributed by atoms with Crippen molar-refractivity contribution in [2.75, 3.05) is 13.2 Å².